The van der Waals surface area contributed by atoms with Gasteiger partial charge in [0.2, 0.25) is 5.75 Å². The lowest BCUT2D eigenvalue weighted by Gasteiger charge is -2.33. The molecule has 2 aromatic heterocycles. The summed E-state index contributed by atoms with van der Waals surface area (Å²) < 4.78 is 5.84. The summed E-state index contributed by atoms with van der Waals surface area (Å²) in [4.78, 5) is 29.4. The molecule has 3 aromatic rings. The van der Waals surface area contributed by atoms with Crippen LogP contribution < -0.4 is 16.2 Å². The normalized spacial score (nSPS) is 18.1. The maximum atomic E-state index is 12.5. The minimum Gasteiger partial charge on any atom is -0.501 e. The number of hydrogen-bond acceptors (Lipinski definition) is 8. The first kappa shape index (κ1) is 18.7. The van der Waals surface area contributed by atoms with E-state index < -0.39 is 22.9 Å². The van der Waals surface area contributed by atoms with Crippen molar-refractivity contribution in [1.29, 1.82) is 0 Å². The van der Waals surface area contributed by atoms with Crippen LogP contribution in [0.25, 0.3) is 11.4 Å². The fraction of sp³-hybridized carbons (Fsp3) is 0.263. The van der Waals surface area contributed by atoms with E-state index >= 15 is 0 Å². The second-order valence-corrected chi connectivity index (χ2v) is 6.88. The quantitative estimate of drug-likeness (QED) is 0.505. The molecule has 4 N–H and O–H groups in total. The molecular formula is C19H19N5O5. The minimum atomic E-state index is -0.766. The molecule has 0 saturated heterocycles. The van der Waals surface area contributed by atoms with Crippen LogP contribution >= 0.6 is 0 Å². The highest BCUT2D eigenvalue weighted by Gasteiger charge is 2.28. The number of para-hydroxylation sites is 1. The average Bonchev–Trinajstić information content (AvgIpc) is 3.19. The summed E-state index contributed by atoms with van der Waals surface area (Å²) in [6.07, 6.45) is 3.43. The maximum Gasteiger partial charge on any atom is 0.296 e. The summed E-state index contributed by atoms with van der Waals surface area (Å²) in [5, 5.41) is 29.0. The molecule has 0 aliphatic heterocycles. The topological polar surface area (TPSA) is 143 Å². The van der Waals surface area contributed by atoms with E-state index in [1.54, 1.807) is 12.1 Å². The molecule has 1 fully saturated rings. The smallest absolute Gasteiger partial charge is 0.296 e. The second-order valence-electron chi connectivity index (χ2n) is 6.88. The molecule has 150 valence electrons. The molecule has 0 unspecified atom stereocenters. The largest absolute Gasteiger partial charge is 0.501 e. The number of nitrogens with zero attached hydrogens (tertiary/aromatic N) is 3. The molecule has 10 nitrogen and oxygen atoms in total. The van der Waals surface area contributed by atoms with Crippen molar-refractivity contribution in [2.24, 2.45) is 7.05 Å². The lowest BCUT2D eigenvalue weighted by Crippen LogP contribution is -2.39. The van der Waals surface area contributed by atoms with Gasteiger partial charge in [0.1, 0.15) is 17.8 Å². The van der Waals surface area contributed by atoms with Crippen molar-refractivity contribution in [1.82, 2.24) is 14.7 Å². The second kappa shape index (κ2) is 7.40. The number of carbonyl (C=O) groups is 1. The van der Waals surface area contributed by atoms with Crippen LogP contribution in [-0.2, 0) is 7.05 Å². The summed E-state index contributed by atoms with van der Waals surface area (Å²) in [5.41, 5.74) is 0.414. The Kier molecular flexibility index (Phi) is 4.77. The van der Waals surface area contributed by atoms with Gasteiger partial charge in [0, 0.05) is 24.3 Å². The number of carbonyl (C=O) groups excluding carboxylic acids is 1. The van der Waals surface area contributed by atoms with E-state index in [1.807, 2.05) is 12.1 Å². The summed E-state index contributed by atoms with van der Waals surface area (Å²) in [6, 6.07) is 7.32. The molecule has 0 radical (unpaired) electrons. The molecule has 0 atom stereocenters. The Bertz CT molecular complexity index is 1100. The lowest BCUT2D eigenvalue weighted by molar-refractivity contribution is 0.0836. The SMILES string of the molecule is Cn1c(-c2ccccc2N[C@H]2C[C@@H](O)C2)nc(C(=O)Nc2cnoc2)c(O)c1=O. The summed E-state index contributed by atoms with van der Waals surface area (Å²) in [7, 11) is 1.47. The fourth-order valence-corrected chi connectivity index (χ4v) is 3.18. The Morgan fingerprint density at radius 2 is 2.07 bits per heavy atom. The first-order chi connectivity index (χ1) is 13.9. The van der Waals surface area contributed by atoms with Crippen molar-refractivity contribution in [3.05, 3.63) is 52.8 Å². The van der Waals surface area contributed by atoms with Crippen LogP contribution in [0.5, 0.6) is 5.75 Å². The highest BCUT2D eigenvalue weighted by molar-refractivity contribution is 6.04. The predicted molar refractivity (Wildman–Crippen MR) is 104 cm³/mol. The van der Waals surface area contributed by atoms with Crippen LogP contribution in [-0.4, -0.2) is 43.0 Å². The number of anilines is 2. The predicted octanol–water partition coefficient (Wildman–Crippen LogP) is 1.33. The van der Waals surface area contributed by atoms with Gasteiger partial charge in [-0.25, -0.2) is 4.98 Å². The monoisotopic (exact) mass is 397 g/mol. The molecule has 1 amide bonds. The van der Waals surface area contributed by atoms with Crippen LogP contribution in [0, 0.1) is 0 Å². The van der Waals surface area contributed by atoms with Gasteiger partial charge in [-0.3, -0.25) is 14.2 Å². The Morgan fingerprint density at radius 3 is 2.76 bits per heavy atom. The third kappa shape index (κ3) is 3.57. The van der Waals surface area contributed by atoms with E-state index in [-0.39, 0.29) is 23.7 Å². The molecule has 1 saturated carbocycles. The van der Waals surface area contributed by atoms with Crippen LogP contribution in [0.1, 0.15) is 23.3 Å². The van der Waals surface area contributed by atoms with Crippen molar-refractivity contribution in [3.8, 4) is 17.1 Å². The fourth-order valence-electron chi connectivity index (χ4n) is 3.18. The molecule has 0 spiro atoms. The van der Waals surface area contributed by atoms with Gasteiger partial charge in [0.15, 0.2) is 5.69 Å². The molecule has 1 aromatic carbocycles. The van der Waals surface area contributed by atoms with Crippen LogP contribution in [0.15, 0.2) is 46.0 Å². The van der Waals surface area contributed by atoms with Crippen LogP contribution in [0.4, 0.5) is 11.4 Å². The van der Waals surface area contributed by atoms with Gasteiger partial charge in [-0.1, -0.05) is 17.3 Å². The molecule has 4 rings (SSSR count). The van der Waals surface area contributed by atoms with Gasteiger partial charge in [0.25, 0.3) is 11.5 Å². The molecule has 2 heterocycles. The van der Waals surface area contributed by atoms with Gasteiger partial charge < -0.3 is 25.4 Å². The van der Waals surface area contributed by atoms with E-state index in [9.17, 15) is 19.8 Å². The Labute approximate surface area is 164 Å². The lowest BCUT2D eigenvalue weighted by atomic mass is 9.89. The third-order valence-electron chi connectivity index (χ3n) is 4.81. The van der Waals surface area contributed by atoms with Gasteiger partial charge in [0.05, 0.1) is 12.3 Å². The van der Waals surface area contributed by atoms with Crippen molar-refractivity contribution >= 4 is 17.3 Å². The first-order valence-corrected chi connectivity index (χ1v) is 8.98. The number of aromatic nitrogens is 3. The van der Waals surface area contributed by atoms with Crippen LogP contribution in [0.3, 0.4) is 0 Å². The van der Waals surface area contributed by atoms with Crippen LogP contribution in [0.2, 0.25) is 0 Å². The van der Waals surface area contributed by atoms with Gasteiger partial charge >= 0.3 is 0 Å². The number of benzene rings is 1. The minimum absolute atomic E-state index is 0.108. The Hall–Kier alpha value is -3.66. The summed E-state index contributed by atoms with van der Waals surface area (Å²) in [6.45, 7) is 0. The zero-order valence-electron chi connectivity index (χ0n) is 15.5. The van der Waals surface area contributed by atoms with E-state index in [0.29, 0.717) is 24.1 Å². The molecule has 29 heavy (non-hydrogen) atoms. The maximum absolute atomic E-state index is 12.5. The van der Waals surface area contributed by atoms with Gasteiger partial charge in [-0.05, 0) is 25.0 Å². The summed E-state index contributed by atoms with van der Waals surface area (Å²) in [5.74, 6) is -1.30. The van der Waals surface area contributed by atoms with Crippen molar-refractivity contribution in [2.75, 3.05) is 10.6 Å². The van der Waals surface area contributed by atoms with Crippen molar-refractivity contribution in [2.45, 2.75) is 25.0 Å². The number of aliphatic hydroxyl groups excluding tert-OH is 1. The molecule has 1 aliphatic rings. The highest BCUT2D eigenvalue weighted by atomic mass is 16.5. The Morgan fingerprint density at radius 1 is 1.31 bits per heavy atom. The third-order valence-corrected chi connectivity index (χ3v) is 4.81. The average molecular weight is 397 g/mol. The number of hydrogen-bond donors (Lipinski definition) is 4. The molecule has 0 bridgehead atoms. The number of amides is 1. The van der Waals surface area contributed by atoms with E-state index in [0.717, 1.165) is 0 Å². The number of nitrogens with one attached hydrogen (secondary N) is 2. The number of rotatable bonds is 5. The number of aromatic hydroxyl groups is 1. The van der Waals surface area contributed by atoms with E-state index in [2.05, 4.69) is 25.3 Å². The standard InChI is InChI=1S/C19H19N5O5/c1-24-17(13-4-2-3-5-14(13)21-10-6-12(25)7-10)23-15(16(26)19(24)28)18(27)22-11-8-20-29-9-11/h2-5,8-10,12,21,25-26H,6-7H2,1H3,(H,22,27)/t10-,12+. The van der Waals surface area contributed by atoms with Gasteiger partial charge in [-0.15, -0.1) is 0 Å². The van der Waals surface area contributed by atoms with E-state index in [4.69, 9.17) is 0 Å². The van der Waals surface area contributed by atoms with Crippen molar-refractivity contribution in [3.63, 3.8) is 0 Å². The Balaban J connectivity index is 1.74. The van der Waals surface area contributed by atoms with Crippen molar-refractivity contribution < 1.29 is 19.5 Å². The highest BCUT2D eigenvalue weighted by Crippen LogP contribution is 2.31. The zero-order chi connectivity index (χ0) is 20.5. The van der Waals surface area contributed by atoms with E-state index in [1.165, 1.54) is 24.1 Å². The van der Waals surface area contributed by atoms with Gasteiger partial charge in [-0.2, -0.15) is 0 Å². The number of aliphatic hydroxyl groups is 1. The summed E-state index contributed by atoms with van der Waals surface area (Å²) >= 11 is 0. The first-order valence-electron chi connectivity index (χ1n) is 8.98. The molecular weight excluding hydrogens is 378 g/mol. The zero-order valence-corrected chi connectivity index (χ0v) is 15.5. The molecule has 1 aliphatic carbocycles. The molecule has 10 heteroatoms.